The minimum atomic E-state index is -0.471. The van der Waals surface area contributed by atoms with Gasteiger partial charge in [0.2, 0.25) is 0 Å². The highest BCUT2D eigenvalue weighted by Crippen LogP contribution is 2.31. The van der Waals surface area contributed by atoms with Crippen LogP contribution in [0.15, 0.2) is 28.2 Å². The van der Waals surface area contributed by atoms with Crippen molar-refractivity contribution < 1.29 is 14.3 Å². The van der Waals surface area contributed by atoms with Crippen molar-refractivity contribution in [2.75, 3.05) is 7.11 Å². The van der Waals surface area contributed by atoms with E-state index < -0.39 is 5.97 Å². The maximum absolute atomic E-state index is 13.1. The van der Waals surface area contributed by atoms with E-state index >= 15 is 0 Å². The number of ether oxygens (including phenoxy) is 1. The van der Waals surface area contributed by atoms with E-state index in [0.717, 1.165) is 19.3 Å². The van der Waals surface area contributed by atoms with E-state index in [1.807, 2.05) is 13.8 Å². The summed E-state index contributed by atoms with van der Waals surface area (Å²) in [5, 5.41) is 0.844. The fourth-order valence-corrected chi connectivity index (χ4v) is 4.49. The van der Waals surface area contributed by atoms with Crippen molar-refractivity contribution in [2.45, 2.75) is 56.5 Å². The van der Waals surface area contributed by atoms with Crippen molar-refractivity contribution in [2.24, 2.45) is 5.92 Å². The molecule has 0 bridgehead atoms. The van der Waals surface area contributed by atoms with Crippen LogP contribution < -0.4 is 5.56 Å². The second-order valence-corrected chi connectivity index (χ2v) is 8.42. The molecule has 2 aromatic rings. The maximum atomic E-state index is 13.1. The van der Waals surface area contributed by atoms with Crippen LogP contribution in [-0.2, 0) is 16.1 Å². The minimum absolute atomic E-state index is 0.143. The van der Waals surface area contributed by atoms with Gasteiger partial charge in [0.25, 0.3) is 5.56 Å². The summed E-state index contributed by atoms with van der Waals surface area (Å²) in [4.78, 5) is 41.8. The maximum Gasteiger partial charge on any atom is 0.337 e. The molecule has 0 spiro atoms. The number of ketones is 1. The van der Waals surface area contributed by atoms with Crippen LogP contribution in [0.25, 0.3) is 10.9 Å². The first kappa shape index (κ1) is 19.6. The normalized spacial score (nSPS) is 17.5. The zero-order valence-corrected chi connectivity index (χ0v) is 16.7. The number of carbonyl (C=O) groups is 2. The molecule has 1 aliphatic carbocycles. The van der Waals surface area contributed by atoms with Crippen molar-refractivity contribution in [3.05, 3.63) is 34.1 Å². The molecule has 0 radical (unpaired) electrons. The van der Waals surface area contributed by atoms with Crippen LogP contribution in [0, 0.1) is 5.92 Å². The van der Waals surface area contributed by atoms with Crippen molar-refractivity contribution in [1.82, 2.24) is 9.55 Å². The third kappa shape index (κ3) is 4.24. The molecule has 1 atom stereocenters. The smallest absolute Gasteiger partial charge is 0.337 e. The molecule has 0 aliphatic heterocycles. The summed E-state index contributed by atoms with van der Waals surface area (Å²) in [6.07, 6.45) is 3.34. The van der Waals surface area contributed by atoms with Gasteiger partial charge in [-0.2, -0.15) is 0 Å². The van der Waals surface area contributed by atoms with Crippen molar-refractivity contribution in [3.63, 3.8) is 0 Å². The summed E-state index contributed by atoms with van der Waals surface area (Å²) >= 11 is 1.38. The molecule has 1 aromatic heterocycles. The third-order valence-electron chi connectivity index (χ3n) is 4.64. The number of fused-ring (bicyclic) bond motifs is 1. The molecule has 1 saturated carbocycles. The SMILES string of the molecule is COC(=O)c1ccc2c(=O)n(CC(C)C)c(SC3CCCCC3=O)nc2c1. The Balaban J connectivity index is 2.10. The molecule has 1 fully saturated rings. The van der Waals surface area contributed by atoms with E-state index in [-0.39, 0.29) is 22.5 Å². The highest BCUT2D eigenvalue weighted by Gasteiger charge is 2.26. The van der Waals surface area contributed by atoms with E-state index in [9.17, 15) is 14.4 Å². The lowest BCUT2D eigenvalue weighted by Crippen LogP contribution is -2.28. The van der Waals surface area contributed by atoms with Gasteiger partial charge in [0.05, 0.1) is 28.8 Å². The van der Waals surface area contributed by atoms with Gasteiger partial charge in [-0.3, -0.25) is 14.2 Å². The molecule has 1 heterocycles. The molecule has 0 N–H and O–H groups in total. The first-order chi connectivity index (χ1) is 12.9. The summed E-state index contributed by atoms with van der Waals surface area (Å²) in [7, 11) is 1.32. The summed E-state index contributed by atoms with van der Waals surface area (Å²) in [5.41, 5.74) is 0.660. The molecule has 0 amide bonds. The Labute approximate surface area is 162 Å². The number of rotatable bonds is 5. The number of nitrogens with zero attached hydrogens (tertiary/aromatic N) is 2. The lowest BCUT2D eigenvalue weighted by molar-refractivity contribution is -0.119. The number of methoxy groups -OCH3 is 1. The second kappa shape index (κ2) is 8.25. The number of esters is 1. The Kier molecular flexibility index (Phi) is 5.99. The fourth-order valence-electron chi connectivity index (χ4n) is 3.26. The van der Waals surface area contributed by atoms with Gasteiger partial charge in [-0.05, 0) is 37.0 Å². The predicted molar refractivity (Wildman–Crippen MR) is 105 cm³/mol. The number of aromatic nitrogens is 2. The van der Waals surface area contributed by atoms with Gasteiger partial charge in [0.1, 0.15) is 5.78 Å². The number of benzene rings is 1. The zero-order valence-electron chi connectivity index (χ0n) is 15.9. The summed E-state index contributed by atoms with van der Waals surface area (Å²) < 4.78 is 6.42. The summed E-state index contributed by atoms with van der Waals surface area (Å²) in [6.45, 7) is 4.61. The molecule has 0 saturated heterocycles. The molecule has 7 heteroatoms. The average Bonchev–Trinajstić information content (AvgIpc) is 2.65. The highest BCUT2D eigenvalue weighted by atomic mass is 32.2. The van der Waals surface area contributed by atoms with Crippen LogP contribution in [0.1, 0.15) is 49.9 Å². The Bertz CT molecular complexity index is 935. The molecule has 1 unspecified atom stereocenters. The van der Waals surface area contributed by atoms with Crippen LogP contribution in [0.2, 0.25) is 0 Å². The molecular formula is C20H24N2O4S. The van der Waals surface area contributed by atoms with Gasteiger partial charge in [-0.15, -0.1) is 0 Å². The van der Waals surface area contributed by atoms with Crippen LogP contribution in [-0.4, -0.2) is 33.7 Å². The molecular weight excluding hydrogens is 364 g/mol. The van der Waals surface area contributed by atoms with Crippen LogP contribution in [0.3, 0.4) is 0 Å². The fraction of sp³-hybridized carbons (Fsp3) is 0.500. The molecule has 27 heavy (non-hydrogen) atoms. The monoisotopic (exact) mass is 388 g/mol. The molecule has 1 aliphatic rings. The van der Waals surface area contributed by atoms with Gasteiger partial charge in [-0.25, -0.2) is 9.78 Å². The number of Topliss-reactive ketones (excluding diaryl/α,β-unsaturated/α-hetero) is 1. The number of thioether (sulfide) groups is 1. The number of carbonyl (C=O) groups excluding carboxylic acids is 2. The molecule has 1 aromatic carbocycles. The summed E-state index contributed by atoms with van der Waals surface area (Å²) in [6, 6.07) is 4.78. The van der Waals surface area contributed by atoms with E-state index in [1.165, 1.54) is 18.9 Å². The average molecular weight is 388 g/mol. The quantitative estimate of drug-likeness (QED) is 0.577. The van der Waals surface area contributed by atoms with Gasteiger partial charge in [-0.1, -0.05) is 32.0 Å². The van der Waals surface area contributed by atoms with E-state index in [2.05, 4.69) is 4.98 Å². The van der Waals surface area contributed by atoms with Gasteiger partial charge < -0.3 is 4.74 Å². The topological polar surface area (TPSA) is 78.3 Å². The number of hydrogen-bond donors (Lipinski definition) is 0. The molecule has 3 rings (SSSR count). The second-order valence-electron chi connectivity index (χ2n) is 7.25. The first-order valence-electron chi connectivity index (χ1n) is 9.23. The van der Waals surface area contributed by atoms with Gasteiger partial charge >= 0.3 is 5.97 Å². The predicted octanol–water partition coefficient (Wildman–Crippen LogP) is 3.44. The largest absolute Gasteiger partial charge is 0.465 e. The van der Waals surface area contributed by atoms with Crippen molar-refractivity contribution in [3.8, 4) is 0 Å². The van der Waals surface area contributed by atoms with Crippen LogP contribution in [0.5, 0.6) is 0 Å². The Morgan fingerprint density at radius 3 is 2.78 bits per heavy atom. The van der Waals surface area contributed by atoms with Crippen LogP contribution >= 0.6 is 11.8 Å². The first-order valence-corrected chi connectivity index (χ1v) is 10.1. The third-order valence-corrected chi connectivity index (χ3v) is 5.94. The Morgan fingerprint density at radius 2 is 2.11 bits per heavy atom. The minimum Gasteiger partial charge on any atom is -0.465 e. The van der Waals surface area contributed by atoms with Gasteiger partial charge in [0, 0.05) is 13.0 Å². The van der Waals surface area contributed by atoms with E-state index in [0.29, 0.717) is 34.6 Å². The van der Waals surface area contributed by atoms with Crippen LogP contribution in [0.4, 0.5) is 0 Å². The molecule has 6 nitrogen and oxygen atoms in total. The molecule has 144 valence electrons. The van der Waals surface area contributed by atoms with E-state index in [4.69, 9.17) is 4.74 Å². The highest BCUT2D eigenvalue weighted by molar-refractivity contribution is 8.00. The van der Waals surface area contributed by atoms with Crippen molar-refractivity contribution >= 4 is 34.4 Å². The summed E-state index contributed by atoms with van der Waals surface area (Å²) in [5.74, 6) is 0.0134. The Morgan fingerprint density at radius 1 is 1.33 bits per heavy atom. The van der Waals surface area contributed by atoms with Gasteiger partial charge in [0.15, 0.2) is 5.16 Å². The standard InChI is InChI=1S/C20H24N2O4S/c1-12(2)11-22-18(24)14-9-8-13(19(25)26-3)10-15(14)21-20(22)27-17-7-5-4-6-16(17)23/h8-10,12,17H,4-7,11H2,1-3H3. The lowest BCUT2D eigenvalue weighted by Gasteiger charge is -2.22. The van der Waals surface area contributed by atoms with Crippen molar-refractivity contribution in [1.29, 1.82) is 0 Å². The lowest BCUT2D eigenvalue weighted by atomic mass is 9.99. The number of hydrogen-bond acceptors (Lipinski definition) is 6. The van der Waals surface area contributed by atoms with E-state index in [1.54, 1.807) is 22.8 Å². The zero-order chi connectivity index (χ0) is 19.6. The Hall–Kier alpha value is -2.15.